The van der Waals surface area contributed by atoms with Crippen LogP contribution in [0.1, 0.15) is 174 Å². The molecule has 0 aliphatic rings. The van der Waals surface area contributed by atoms with Crippen molar-refractivity contribution in [3.05, 3.63) is 24.3 Å². The molecule has 0 aromatic heterocycles. The zero-order valence-electron chi connectivity index (χ0n) is 31.4. The van der Waals surface area contributed by atoms with Gasteiger partial charge in [0, 0.05) is 13.0 Å². The highest BCUT2D eigenvalue weighted by Gasteiger charge is 2.26. The van der Waals surface area contributed by atoms with Gasteiger partial charge in [0.15, 0.2) is 0 Å². The van der Waals surface area contributed by atoms with E-state index in [0.717, 1.165) is 64.2 Å². The summed E-state index contributed by atoms with van der Waals surface area (Å²) >= 11 is 0. The number of unbranched alkanes of at least 4 members (excludes halogenated alkanes) is 20. The zero-order chi connectivity index (χ0) is 36.1. The Hall–Kier alpha value is -1.06. The van der Waals surface area contributed by atoms with Crippen molar-refractivity contribution in [3.8, 4) is 0 Å². The first-order valence-corrected chi connectivity index (χ1v) is 21.3. The Morgan fingerprint density at radius 2 is 1.04 bits per heavy atom. The zero-order valence-corrected chi connectivity index (χ0v) is 32.3. The van der Waals surface area contributed by atoms with Gasteiger partial charge in [-0.15, -0.1) is 0 Å². The highest BCUT2D eigenvalue weighted by molar-refractivity contribution is 7.47. The minimum atomic E-state index is -4.51. The summed E-state index contributed by atoms with van der Waals surface area (Å²) in [6, 6.07) is 0. The Bertz CT molecular complexity index is 820. The van der Waals surface area contributed by atoms with Gasteiger partial charge in [0.1, 0.15) is 12.2 Å². The number of aliphatic hydroxyl groups excluding tert-OH is 2. The Kier molecular flexibility index (Phi) is 35.9. The number of rotatable bonds is 38. The van der Waals surface area contributed by atoms with Crippen LogP contribution in [-0.4, -0.2) is 66.3 Å². The maximum atomic E-state index is 12.6. The van der Waals surface area contributed by atoms with Crippen LogP contribution >= 0.6 is 7.82 Å². The summed E-state index contributed by atoms with van der Waals surface area (Å²) in [7, 11) is -4.51. The van der Waals surface area contributed by atoms with Crippen LogP contribution in [0.15, 0.2) is 24.3 Å². The van der Waals surface area contributed by atoms with Gasteiger partial charge in [-0.25, -0.2) is 4.57 Å². The van der Waals surface area contributed by atoms with Gasteiger partial charge in [-0.2, -0.15) is 0 Å². The number of hydrogen-bond donors (Lipinski definition) is 3. The summed E-state index contributed by atoms with van der Waals surface area (Å²) in [5.74, 6) is -0.393. The highest BCUT2D eigenvalue weighted by atomic mass is 31.2. The normalized spacial score (nSPS) is 14.5. The van der Waals surface area contributed by atoms with E-state index in [0.29, 0.717) is 6.61 Å². The smallest absolute Gasteiger partial charge is 0.457 e. The number of hydrogen-bond acceptors (Lipinski definition) is 8. The van der Waals surface area contributed by atoms with E-state index in [-0.39, 0.29) is 19.6 Å². The third-order valence-electron chi connectivity index (χ3n) is 8.36. The summed E-state index contributed by atoms with van der Waals surface area (Å²) in [5, 5.41) is 18.3. The molecule has 3 N–H and O–H groups in total. The summed E-state index contributed by atoms with van der Waals surface area (Å²) in [5.41, 5.74) is 0. The molecular formula is C39H75O9P. The molecular weight excluding hydrogens is 643 g/mol. The van der Waals surface area contributed by atoms with Gasteiger partial charge in [-0.3, -0.25) is 13.8 Å². The molecule has 0 fully saturated rings. The van der Waals surface area contributed by atoms with Crippen LogP contribution in [-0.2, 0) is 27.9 Å². The van der Waals surface area contributed by atoms with Gasteiger partial charge in [0.05, 0.1) is 26.4 Å². The number of phosphoric ester groups is 1. The van der Waals surface area contributed by atoms with E-state index < -0.39 is 39.2 Å². The lowest BCUT2D eigenvalue weighted by molar-refractivity contribution is -0.154. The molecule has 0 heterocycles. The highest BCUT2D eigenvalue weighted by Crippen LogP contribution is 2.43. The Balaban J connectivity index is 4.23. The molecule has 0 aromatic carbocycles. The first kappa shape index (κ1) is 47.9. The summed E-state index contributed by atoms with van der Waals surface area (Å²) in [6.45, 7) is 3.47. The fraction of sp³-hybridized carbons (Fsp3) is 0.872. The number of esters is 1. The van der Waals surface area contributed by atoms with E-state index in [1.807, 2.05) is 0 Å². The minimum Gasteiger partial charge on any atom is -0.457 e. The number of carbonyl (C=O) groups is 1. The maximum absolute atomic E-state index is 12.6. The van der Waals surface area contributed by atoms with Gasteiger partial charge >= 0.3 is 13.8 Å². The number of carbonyl (C=O) groups excluding carboxylic acids is 1. The second kappa shape index (κ2) is 36.7. The van der Waals surface area contributed by atoms with Crippen molar-refractivity contribution in [1.82, 2.24) is 0 Å². The lowest BCUT2D eigenvalue weighted by atomic mass is 10.1. The fourth-order valence-electron chi connectivity index (χ4n) is 5.28. The van der Waals surface area contributed by atoms with Crippen molar-refractivity contribution in [2.45, 2.75) is 187 Å². The molecule has 0 aliphatic carbocycles. The fourth-order valence-corrected chi connectivity index (χ4v) is 6.07. The van der Waals surface area contributed by atoms with Gasteiger partial charge in [0.2, 0.25) is 0 Å². The van der Waals surface area contributed by atoms with Crippen molar-refractivity contribution in [3.63, 3.8) is 0 Å². The lowest BCUT2D eigenvalue weighted by Gasteiger charge is -2.20. The Labute approximate surface area is 300 Å². The van der Waals surface area contributed by atoms with Crippen molar-refractivity contribution in [2.24, 2.45) is 0 Å². The molecule has 0 saturated carbocycles. The molecule has 9 nitrogen and oxygen atoms in total. The van der Waals surface area contributed by atoms with E-state index in [2.05, 4.69) is 38.2 Å². The van der Waals surface area contributed by atoms with E-state index in [4.69, 9.17) is 23.6 Å². The second-order valence-electron chi connectivity index (χ2n) is 13.3. The van der Waals surface area contributed by atoms with Gasteiger partial charge < -0.3 is 24.6 Å². The molecule has 0 aromatic rings. The van der Waals surface area contributed by atoms with Crippen molar-refractivity contribution in [2.75, 3.05) is 33.0 Å². The summed E-state index contributed by atoms with van der Waals surface area (Å²) < 4.78 is 33.2. The molecule has 0 saturated heterocycles. The number of phosphoric acid groups is 1. The van der Waals surface area contributed by atoms with Gasteiger partial charge in [-0.1, -0.05) is 128 Å². The van der Waals surface area contributed by atoms with E-state index >= 15 is 0 Å². The van der Waals surface area contributed by atoms with Crippen molar-refractivity contribution < 1.29 is 43.0 Å². The average molecular weight is 719 g/mol. The molecule has 3 atom stereocenters. The minimum absolute atomic E-state index is 0.0436. The van der Waals surface area contributed by atoms with Gasteiger partial charge in [-0.05, 0) is 64.2 Å². The average Bonchev–Trinajstić information content (AvgIpc) is 3.09. The van der Waals surface area contributed by atoms with Crippen LogP contribution in [0, 0.1) is 0 Å². The Morgan fingerprint density at radius 3 is 1.57 bits per heavy atom. The quantitative estimate of drug-likeness (QED) is 0.0247. The maximum Gasteiger partial charge on any atom is 0.472 e. The lowest BCUT2D eigenvalue weighted by Crippen LogP contribution is -2.29. The largest absolute Gasteiger partial charge is 0.472 e. The van der Waals surface area contributed by atoms with Crippen LogP contribution < -0.4 is 0 Å². The predicted molar refractivity (Wildman–Crippen MR) is 201 cm³/mol. The van der Waals surface area contributed by atoms with Crippen LogP contribution in [0.3, 0.4) is 0 Å². The predicted octanol–water partition coefficient (Wildman–Crippen LogP) is 10.3. The van der Waals surface area contributed by atoms with E-state index in [1.54, 1.807) is 0 Å². The molecule has 49 heavy (non-hydrogen) atoms. The third-order valence-corrected chi connectivity index (χ3v) is 9.31. The molecule has 0 amide bonds. The number of aliphatic hydroxyl groups is 2. The van der Waals surface area contributed by atoms with E-state index in [9.17, 15) is 19.4 Å². The van der Waals surface area contributed by atoms with Crippen molar-refractivity contribution >= 4 is 13.8 Å². The number of allylic oxidation sites excluding steroid dienone is 4. The second-order valence-corrected chi connectivity index (χ2v) is 14.7. The molecule has 0 spiro atoms. The Morgan fingerprint density at radius 1 is 0.612 bits per heavy atom. The molecule has 0 aliphatic heterocycles. The van der Waals surface area contributed by atoms with E-state index in [1.165, 1.54) is 89.9 Å². The van der Waals surface area contributed by atoms with Crippen LogP contribution in [0.5, 0.6) is 0 Å². The molecule has 3 unspecified atom stereocenters. The monoisotopic (exact) mass is 719 g/mol. The summed E-state index contributed by atoms with van der Waals surface area (Å²) in [4.78, 5) is 22.5. The van der Waals surface area contributed by atoms with Crippen LogP contribution in [0.2, 0.25) is 0 Å². The molecule has 0 rings (SSSR count). The van der Waals surface area contributed by atoms with Crippen LogP contribution in [0.4, 0.5) is 0 Å². The summed E-state index contributed by atoms with van der Waals surface area (Å²) in [6.07, 6.45) is 35.6. The molecule has 290 valence electrons. The first-order chi connectivity index (χ1) is 23.8. The third kappa shape index (κ3) is 36.5. The SMILES string of the molecule is CCCCC/C=C\CCCCCCCCOCC(COP(=O)(O)OCC(O)CO)OC(=O)CCCCCCC/C=C\CCCCCCCC. The molecule has 0 radical (unpaired) electrons. The topological polar surface area (TPSA) is 132 Å². The first-order valence-electron chi connectivity index (χ1n) is 19.8. The van der Waals surface area contributed by atoms with Gasteiger partial charge in [0.25, 0.3) is 0 Å². The standard InChI is InChI=1S/C39H75O9P/c1-3-5-7-9-11-13-15-17-18-19-21-23-25-27-29-31-39(42)48-38(36-47-49(43,44)46-34-37(41)33-40)35-45-32-30-28-26-24-22-20-16-14-12-10-8-6-4-2/h12,14,17-18,37-38,40-41H,3-11,13,15-16,19-36H2,1-2H3,(H,43,44)/b14-12-,18-17-. The molecule has 10 heteroatoms. The number of ether oxygens (including phenoxy) is 2. The van der Waals surface area contributed by atoms with Crippen molar-refractivity contribution in [1.29, 1.82) is 0 Å². The molecule has 0 bridgehead atoms. The van der Waals surface area contributed by atoms with Crippen LogP contribution in [0.25, 0.3) is 0 Å².